The third-order valence-electron chi connectivity index (χ3n) is 2.44. The average molecular weight is 192 g/mol. The molecule has 0 amide bonds. The van der Waals surface area contributed by atoms with Gasteiger partial charge in [-0.2, -0.15) is 0 Å². The third-order valence-corrected chi connectivity index (χ3v) is 2.44. The topological polar surface area (TPSA) is 9.23 Å². The Morgan fingerprint density at radius 3 is 3.00 bits per heavy atom. The van der Waals surface area contributed by atoms with Crippen molar-refractivity contribution in [1.82, 2.24) is 0 Å². The molecule has 0 aromatic rings. The molecule has 1 rings (SSSR count). The maximum Gasteiger partial charge on any atom is 0.0826 e. The second-order valence-corrected chi connectivity index (χ2v) is 3.77. The van der Waals surface area contributed by atoms with Crippen molar-refractivity contribution in [2.75, 3.05) is 0 Å². The highest BCUT2D eigenvalue weighted by Crippen LogP contribution is 2.27. The van der Waals surface area contributed by atoms with Crippen molar-refractivity contribution < 1.29 is 4.74 Å². The van der Waals surface area contributed by atoms with E-state index in [0.29, 0.717) is 0 Å². The van der Waals surface area contributed by atoms with Gasteiger partial charge in [-0.15, -0.1) is 6.58 Å². The maximum absolute atomic E-state index is 5.80. The van der Waals surface area contributed by atoms with Gasteiger partial charge in [-0.05, 0) is 18.4 Å². The molecule has 0 bridgehead atoms. The summed E-state index contributed by atoms with van der Waals surface area (Å²) in [5, 5.41) is 0. The first kappa shape index (κ1) is 11.3. The van der Waals surface area contributed by atoms with E-state index >= 15 is 0 Å². The van der Waals surface area contributed by atoms with E-state index in [1.807, 2.05) is 6.08 Å². The Balaban J connectivity index is 2.38. The highest BCUT2D eigenvalue weighted by atomic mass is 16.5. The highest BCUT2D eigenvalue weighted by molar-refractivity contribution is 5.14. The van der Waals surface area contributed by atoms with Crippen molar-refractivity contribution in [3.05, 3.63) is 37.0 Å². The zero-order valence-electron chi connectivity index (χ0n) is 9.04. The van der Waals surface area contributed by atoms with Gasteiger partial charge in [-0.1, -0.05) is 38.2 Å². The summed E-state index contributed by atoms with van der Waals surface area (Å²) in [6.45, 7) is 9.93. The molecule has 1 saturated heterocycles. The molecule has 1 aliphatic heterocycles. The first-order chi connectivity index (χ1) is 6.77. The number of ether oxygens (including phenoxy) is 1. The number of rotatable bonds is 5. The van der Waals surface area contributed by atoms with Gasteiger partial charge < -0.3 is 4.74 Å². The fraction of sp³-hybridized carbons (Fsp3) is 0.538. The number of allylic oxidation sites excluding steroid dienone is 1. The SMILES string of the molecule is C=CC[C@@H]1OC(C=CCCC)CC1=C. The van der Waals surface area contributed by atoms with Gasteiger partial charge in [0.15, 0.2) is 0 Å². The molecule has 1 aliphatic rings. The summed E-state index contributed by atoms with van der Waals surface area (Å²) in [4.78, 5) is 0. The number of unbranched alkanes of at least 4 members (excludes halogenated alkanes) is 1. The van der Waals surface area contributed by atoms with Gasteiger partial charge in [0.2, 0.25) is 0 Å². The molecule has 1 nitrogen and oxygen atoms in total. The van der Waals surface area contributed by atoms with E-state index in [1.54, 1.807) is 0 Å². The molecule has 0 aromatic heterocycles. The molecule has 1 heterocycles. The Bertz CT molecular complexity index is 227. The molecule has 0 saturated carbocycles. The lowest BCUT2D eigenvalue weighted by atomic mass is 10.1. The van der Waals surface area contributed by atoms with Gasteiger partial charge in [0.1, 0.15) is 0 Å². The fourth-order valence-electron chi connectivity index (χ4n) is 1.65. The van der Waals surface area contributed by atoms with Crippen molar-refractivity contribution in [1.29, 1.82) is 0 Å². The van der Waals surface area contributed by atoms with Crippen LogP contribution < -0.4 is 0 Å². The second kappa shape index (κ2) is 5.82. The normalized spacial score (nSPS) is 27.4. The molecule has 0 N–H and O–H groups in total. The van der Waals surface area contributed by atoms with Gasteiger partial charge in [0.05, 0.1) is 12.2 Å². The minimum absolute atomic E-state index is 0.198. The van der Waals surface area contributed by atoms with E-state index in [4.69, 9.17) is 4.74 Å². The second-order valence-electron chi connectivity index (χ2n) is 3.77. The van der Waals surface area contributed by atoms with Gasteiger partial charge in [-0.3, -0.25) is 0 Å². The molecule has 78 valence electrons. The lowest BCUT2D eigenvalue weighted by molar-refractivity contribution is 0.0824. The number of hydrogen-bond donors (Lipinski definition) is 0. The summed E-state index contributed by atoms with van der Waals surface area (Å²) >= 11 is 0. The van der Waals surface area contributed by atoms with E-state index in [2.05, 4.69) is 32.2 Å². The van der Waals surface area contributed by atoms with Crippen molar-refractivity contribution >= 4 is 0 Å². The van der Waals surface area contributed by atoms with Crippen LogP contribution in [0.25, 0.3) is 0 Å². The molecule has 1 fully saturated rings. The van der Waals surface area contributed by atoms with Crippen LogP contribution in [0.5, 0.6) is 0 Å². The monoisotopic (exact) mass is 192 g/mol. The average Bonchev–Trinajstić information content (AvgIpc) is 2.49. The molecule has 1 heteroatoms. The Kier molecular flexibility index (Phi) is 4.68. The van der Waals surface area contributed by atoms with Crippen LogP contribution in [0.15, 0.2) is 37.0 Å². The van der Waals surface area contributed by atoms with Crippen LogP contribution in [0.2, 0.25) is 0 Å². The predicted octanol–water partition coefficient (Wildman–Crippen LogP) is 3.63. The van der Waals surface area contributed by atoms with Gasteiger partial charge >= 0.3 is 0 Å². The summed E-state index contributed by atoms with van der Waals surface area (Å²) in [6.07, 6.45) is 10.9. The zero-order chi connectivity index (χ0) is 10.4. The fourth-order valence-corrected chi connectivity index (χ4v) is 1.65. The van der Waals surface area contributed by atoms with E-state index in [0.717, 1.165) is 19.3 Å². The molecular formula is C13H20O. The van der Waals surface area contributed by atoms with Gasteiger partial charge in [-0.25, -0.2) is 0 Å². The van der Waals surface area contributed by atoms with Crippen LogP contribution in [-0.4, -0.2) is 12.2 Å². The summed E-state index contributed by atoms with van der Waals surface area (Å²) in [5.74, 6) is 0. The summed E-state index contributed by atoms with van der Waals surface area (Å²) in [7, 11) is 0. The lowest BCUT2D eigenvalue weighted by Crippen LogP contribution is -2.08. The lowest BCUT2D eigenvalue weighted by Gasteiger charge is -2.08. The summed E-state index contributed by atoms with van der Waals surface area (Å²) in [6, 6.07) is 0. The van der Waals surface area contributed by atoms with Gasteiger partial charge in [0, 0.05) is 6.42 Å². The van der Waals surface area contributed by atoms with Crippen LogP contribution in [-0.2, 0) is 4.74 Å². The number of hydrogen-bond acceptors (Lipinski definition) is 1. The molecule has 0 aliphatic carbocycles. The van der Waals surface area contributed by atoms with Crippen LogP contribution >= 0.6 is 0 Å². The van der Waals surface area contributed by atoms with Crippen molar-refractivity contribution in [3.8, 4) is 0 Å². The summed E-state index contributed by atoms with van der Waals surface area (Å²) in [5.41, 5.74) is 1.20. The Hall–Kier alpha value is -0.820. The molecule has 14 heavy (non-hydrogen) atoms. The van der Waals surface area contributed by atoms with E-state index < -0.39 is 0 Å². The molecule has 1 unspecified atom stereocenters. The summed E-state index contributed by atoms with van der Waals surface area (Å²) < 4.78 is 5.80. The van der Waals surface area contributed by atoms with Crippen LogP contribution in [0, 0.1) is 0 Å². The first-order valence-corrected chi connectivity index (χ1v) is 5.38. The molecule has 0 aromatic carbocycles. The molecular weight excluding hydrogens is 172 g/mol. The minimum Gasteiger partial charge on any atom is -0.366 e. The Labute approximate surface area is 87.2 Å². The van der Waals surface area contributed by atoms with Crippen LogP contribution in [0.3, 0.4) is 0 Å². The van der Waals surface area contributed by atoms with Crippen molar-refractivity contribution in [3.63, 3.8) is 0 Å². The quantitative estimate of drug-likeness (QED) is 0.604. The van der Waals surface area contributed by atoms with Crippen molar-refractivity contribution in [2.24, 2.45) is 0 Å². The first-order valence-electron chi connectivity index (χ1n) is 5.38. The molecule has 0 radical (unpaired) electrons. The van der Waals surface area contributed by atoms with E-state index in [-0.39, 0.29) is 12.2 Å². The zero-order valence-corrected chi connectivity index (χ0v) is 9.04. The maximum atomic E-state index is 5.80. The van der Waals surface area contributed by atoms with Crippen molar-refractivity contribution in [2.45, 2.75) is 44.8 Å². The highest BCUT2D eigenvalue weighted by Gasteiger charge is 2.25. The largest absolute Gasteiger partial charge is 0.366 e. The van der Waals surface area contributed by atoms with Crippen LogP contribution in [0.4, 0.5) is 0 Å². The van der Waals surface area contributed by atoms with E-state index in [9.17, 15) is 0 Å². The molecule has 0 spiro atoms. The Morgan fingerprint density at radius 2 is 2.36 bits per heavy atom. The molecule has 2 atom stereocenters. The predicted molar refractivity (Wildman–Crippen MR) is 61.3 cm³/mol. The third kappa shape index (κ3) is 3.15. The smallest absolute Gasteiger partial charge is 0.0826 e. The standard InChI is InChI=1S/C13H20O/c1-4-6-7-9-12-10-11(3)13(14-12)8-5-2/h5,7,9,12-13H,2-4,6,8,10H2,1H3/t12?,13-/m0/s1. The Morgan fingerprint density at radius 1 is 1.57 bits per heavy atom. The minimum atomic E-state index is 0.198. The van der Waals surface area contributed by atoms with Gasteiger partial charge in [0.25, 0.3) is 0 Å². The van der Waals surface area contributed by atoms with E-state index in [1.165, 1.54) is 12.0 Å². The van der Waals surface area contributed by atoms with Crippen LogP contribution in [0.1, 0.15) is 32.6 Å².